The average Bonchev–Trinajstić information content (AvgIpc) is 3.05. The zero-order valence-electron chi connectivity index (χ0n) is 10.4. The van der Waals surface area contributed by atoms with E-state index in [-0.39, 0.29) is 18.4 Å². The van der Waals surface area contributed by atoms with Crippen LogP contribution in [0.3, 0.4) is 0 Å². The molecule has 0 atom stereocenters. The zero-order chi connectivity index (χ0) is 13.7. The van der Waals surface area contributed by atoms with Gasteiger partial charge in [-0.1, -0.05) is 6.07 Å². The Bertz CT molecular complexity index is 561. The van der Waals surface area contributed by atoms with E-state index in [9.17, 15) is 9.59 Å². The van der Waals surface area contributed by atoms with E-state index >= 15 is 0 Å². The van der Waals surface area contributed by atoms with Gasteiger partial charge >= 0.3 is 0 Å². The zero-order valence-corrected chi connectivity index (χ0v) is 12.1. The first-order valence-electron chi connectivity index (χ1n) is 5.78. The van der Waals surface area contributed by atoms with Crippen LogP contribution in [-0.4, -0.2) is 18.4 Å². The maximum Gasteiger partial charge on any atom is 0.261 e. The Hall–Kier alpha value is -1.66. The van der Waals surface area contributed by atoms with Crippen molar-refractivity contribution in [2.75, 3.05) is 6.54 Å². The van der Waals surface area contributed by atoms with E-state index in [1.54, 1.807) is 23.5 Å². The fraction of sp³-hybridized carbons (Fsp3) is 0.231. The summed E-state index contributed by atoms with van der Waals surface area (Å²) in [5.74, 6) is -0.393. The highest BCUT2D eigenvalue weighted by Crippen LogP contribution is 2.14. The summed E-state index contributed by atoms with van der Waals surface area (Å²) < 4.78 is 0. The topological polar surface area (TPSA) is 58.2 Å². The Kier molecular flexibility index (Phi) is 4.70. The summed E-state index contributed by atoms with van der Waals surface area (Å²) in [5, 5.41) is 9.20. The molecule has 2 aromatic heterocycles. The second kappa shape index (κ2) is 6.49. The average molecular weight is 294 g/mol. The number of thiophene rings is 2. The van der Waals surface area contributed by atoms with E-state index in [1.807, 2.05) is 23.8 Å². The maximum atomic E-state index is 11.6. The molecule has 0 bridgehead atoms. The number of nitrogens with one attached hydrogen (secondary N) is 2. The molecule has 19 heavy (non-hydrogen) atoms. The van der Waals surface area contributed by atoms with Crippen LogP contribution in [0.25, 0.3) is 0 Å². The molecule has 4 nitrogen and oxygen atoms in total. The number of carbonyl (C=O) groups is 2. The van der Waals surface area contributed by atoms with Crippen LogP contribution in [-0.2, 0) is 11.3 Å². The molecule has 2 amide bonds. The number of amides is 2. The predicted octanol–water partition coefficient (Wildman–Crippen LogP) is 2.16. The molecular weight excluding hydrogens is 280 g/mol. The lowest BCUT2D eigenvalue weighted by Crippen LogP contribution is -2.36. The molecule has 0 spiro atoms. The van der Waals surface area contributed by atoms with E-state index < -0.39 is 0 Å². The number of hydrogen-bond acceptors (Lipinski definition) is 4. The van der Waals surface area contributed by atoms with Gasteiger partial charge in [0.05, 0.1) is 18.0 Å². The normalized spacial score (nSPS) is 10.2. The van der Waals surface area contributed by atoms with Gasteiger partial charge in [-0.3, -0.25) is 9.59 Å². The molecule has 2 N–H and O–H groups in total. The van der Waals surface area contributed by atoms with Gasteiger partial charge in [-0.2, -0.15) is 0 Å². The summed E-state index contributed by atoms with van der Waals surface area (Å²) in [5.41, 5.74) is 1.17. The molecule has 0 radical (unpaired) electrons. The standard InChI is InChI=1S/C13H14N2O2S2/c1-9-4-6-19-11(9)7-14-12(16)8-15-13(17)10-3-2-5-18-10/h2-6H,7-8H2,1H3,(H,14,16)(H,15,17). The lowest BCUT2D eigenvalue weighted by atomic mass is 10.3. The first kappa shape index (κ1) is 13.8. The van der Waals surface area contributed by atoms with Crippen LogP contribution in [0.5, 0.6) is 0 Å². The van der Waals surface area contributed by atoms with Gasteiger partial charge in [0.1, 0.15) is 0 Å². The minimum Gasteiger partial charge on any atom is -0.350 e. The smallest absolute Gasteiger partial charge is 0.261 e. The summed E-state index contributed by atoms with van der Waals surface area (Å²) in [7, 11) is 0. The molecule has 100 valence electrons. The molecule has 0 unspecified atom stereocenters. The van der Waals surface area contributed by atoms with Crippen molar-refractivity contribution in [1.82, 2.24) is 10.6 Å². The monoisotopic (exact) mass is 294 g/mol. The van der Waals surface area contributed by atoms with E-state index in [2.05, 4.69) is 10.6 Å². The molecule has 0 saturated heterocycles. The van der Waals surface area contributed by atoms with Crippen molar-refractivity contribution in [2.45, 2.75) is 13.5 Å². The third-order valence-corrected chi connectivity index (χ3v) is 4.46. The van der Waals surface area contributed by atoms with Crippen LogP contribution in [0.1, 0.15) is 20.1 Å². The van der Waals surface area contributed by atoms with Gasteiger partial charge in [-0.05, 0) is 35.4 Å². The van der Waals surface area contributed by atoms with E-state index in [4.69, 9.17) is 0 Å². The molecule has 2 aromatic rings. The maximum absolute atomic E-state index is 11.6. The van der Waals surface area contributed by atoms with Crippen LogP contribution in [0, 0.1) is 6.92 Å². The quantitative estimate of drug-likeness (QED) is 0.888. The second-order valence-electron chi connectivity index (χ2n) is 3.96. The molecule has 2 rings (SSSR count). The molecule has 2 heterocycles. The molecule has 0 aromatic carbocycles. The van der Waals surface area contributed by atoms with Crippen molar-refractivity contribution in [2.24, 2.45) is 0 Å². The van der Waals surface area contributed by atoms with Crippen molar-refractivity contribution >= 4 is 34.5 Å². The predicted molar refractivity (Wildman–Crippen MR) is 77.6 cm³/mol. The Labute approximate surface area is 119 Å². The van der Waals surface area contributed by atoms with Gasteiger partial charge in [0, 0.05) is 4.88 Å². The van der Waals surface area contributed by atoms with Crippen molar-refractivity contribution < 1.29 is 9.59 Å². The third kappa shape index (κ3) is 3.90. The summed E-state index contributed by atoms with van der Waals surface area (Å²) in [6, 6.07) is 5.55. The molecule has 0 aliphatic carbocycles. The summed E-state index contributed by atoms with van der Waals surface area (Å²) in [4.78, 5) is 25.0. The second-order valence-corrected chi connectivity index (χ2v) is 5.91. The minimum absolute atomic E-state index is 0.00115. The number of aryl methyl sites for hydroxylation is 1. The van der Waals surface area contributed by atoms with Crippen molar-refractivity contribution in [3.8, 4) is 0 Å². The number of carbonyl (C=O) groups excluding carboxylic acids is 2. The Morgan fingerprint density at radius 1 is 1.16 bits per heavy atom. The van der Waals surface area contributed by atoms with Gasteiger partial charge in [0.2, 0.25) is 5.91 Å². The van der Waals surface area contributed by atoms with Crippen LogP contribution < -0.4 is 10.6 Å². The molecular formula is C13H14N2O2S2. The minimum atomic E-state index is -0.211. The van der Waals surface area contributed by atoms with Gasteiger partial charge in [0.25, 0.3) is 5.91 Å². The van der Waals surface area contributed by atoms with Crippen LogP contribution >= 0.6 is 22.7 Å². The van der Waals surface area contributed by atoms with E-state index in [0.717, 1.165) is 4.88 Å². The number of rotatable bonds is 5. The highest BCUT2D eigenvalue weighted by Gasteiger charge is 2.09. The third-order valence-electron chi connectivity index (χ3n) is 2.57. The molecule has 0 aliphatic heterocycles. The summed E-state index contributed by atoms with van der Waals surface area (Å²) >= 11 is 2.97. The fourth-order valence-electron chi connectivity index (χ4n) is 1.48. The highest BCUT2D eigenvalue weighted by atomic mass is 32.1. The lowest BCUT2D eigenvalue weighted by molar-refractivity contribution is -0.120. The van der Waals surface area contributed by atoms with Crippen LogP contribution in [0.2, 0.25) is 0 Å². The molecule has 0 saturated carbocycles. The van der Waals surface area contributed by atoms with Crippen molar-refractivity contribution in [3.63, 3.8) is 0 Å². The van der Waals surface area contributed by atoms with Gasteiger partial charge in [0.15, 0.2) is 0 Å². The first-order chi connectivity index (χ1) is 9.16. The lowest BCUT2D eigenvalue weighted by Gasteiger charge is -2.05. The Morgan fingerprint density at radius 3 is 2.63 bits per heavy atom. The summed E-state index contributed by atoms with van der Waals surface area (Å²) in [6.45, 7) is 2.52. The molecule has 0 aliphatic rings. The molecule has 6 heteroatoms. The van der Waals surface area contributed by atoms with E-state index in [1.165, 1.54) is 16.9 Å². The van der Waals surface area contributed by atoms with E-state index in [0.29, 0.717) is 11.4 Å². The van der Waals surface area contributed by atoms with Gasteiger partial charge in [-0.15, -0.1) is 22.7 Å². The molecule has 0 fully saturated rings. The van der Waals surface area contributed by atoms with Gasteiger partial charge < -0.3 is 10.6 Å². The SMILES string of the molecule is Cc1ccsc1CNC(=O)CNC(=O)c1cccs1. The van der Waals surface area contributed by atoms with Gasteiger partial charge in [-0.25, -0.2) is 0 Å². The van der Waals surface area contributed by atoms with Crippen molar-refractivity contribution in [3.05, 3.63) is 44.3 Å². The fourth-order valence-corrected chi connectivity index (χ4v) is 2.97. The first-order valence-corrected chi connectivity index (χ1v) is 7.54. The largest absolute Gasteiger partial charge is 0.350 e. The Morgan fingerprint density at radius 2 is 2.00 bits per heavy atom. The van der Waals surface area contributed by atoms with Crippen molar-refractivity contribution in [1.29, 1.82) is 0 Å². The number of hydrogen-bond donors (Lipinski definition) is 2. The van der Waals surface area contributed by atoms with Crippen LogP contribution in [0.15, 0.2) is 29.0 Å². The Balaban J connectivity index is 1.73. The van der Waals surface area contributed by atoms with Crippen LogP contribution in [0.4, 0.5) is 0 Å². The highest BCUT2D eigenvalue weighted by molar-refractivity contribution is 7.12. The summed E-state index contributed by atoms with van der Waals surface area (Å²) in [6.07, 6.45) is 0.